The molecule has 0 bridgehead atoms. The van der Waals surface area contributed by atoms with Gasteiger partial charge in [0, 0.05) is 0 Å². The van der Waals surface area contributed by atoms with Gasteiger partial charge in [-0.25, -0.2) is 19.2 Å². The molecule has 0 aliphatic rings. The average molecular weight is 1840 g/mol. The van der Waals surface area contributed by atoms with Gasteiger partial charge in [0.25, 0.3) is 0 Å². The van der Waals surface area contributed by atoms with Crippen LogP contribution in [0.5, 0.6) is 69.0 Å². The Morgan fingerprint density at radius 1 is 0.196 bits per heavy atom. The molecule has 1 atom stereocenters. The summed E-state index contributed by atoms with van der Waals surface area (Å²) < 4.78 is 106. The van der Waals surface area contributed by atoms with Crippen molar-refractivity contribution in [3.63, 3.8) is 0 Å². The lowest BCUT2D eigenvalue weighted by molar-refractivity contribution is -0.150. The van der Waals surface area contributed by atoms with Crippen LogP contribution in [0.2, 0.25) is 0 Å². The van der Waals surface area contributed by atoms with E-state index in [0.29, 0.717) is 0 Å². The van der Waals surface area contributed by atoms with Crippen LogP contribution in [0.1, 0.15) is 108 Å². The van der Waals surface area contributed by atoms with Crippen LogP contribution in [0.15, 0.2) is 413 Å². The smallest absolute Gasteiger partial charge is 0.338 e. The Hall–Kier alpha value is -17.0. The number of carbonyl (C=O) groups excluding carboxylic acids is 4. The summed E-state index contributed by atoms with van der Waals surface area (Å²) in [5.74, 6) is -3.64. The second-order valence-electron chi connectivity index (χ2n) is 32.2. The first-order chi connectivity index (χ1) is 67.9. The van der Waals surface area contributed by atoms with Gasteiger partial charge in [0.1, 0.15) is 99.1 Å². The highest BCUT2D eigenvalue weighted by molar-refractivity contribution is 5.94. The molecule has 0 heterocycles. The Morgan fingerprint density at radius 2 is 0.341 bits per heavy atom. The molecular formula is C117H100O21. The van der Waals surface area contributed by atoms with Crippen molar-refractivity contribution in [3.05, 3.63) is 502 Å². The number of benzene rings is 16. The zero-order valence-corrected chi connectivity index (χ0v) is 75.6. The summed E-state index contributed by atoms with van der Waals surface area (Å²) in [5, 5.41) is 14.4. The molecule has 694 valence electrons. The third-order valence-electron chi connectivity index (χ3n) is 21.9. The summed E-state index contributed by atoms with van der Waals surface area (Å²) >= 11 is 0. The summed E-state index contributed by atoms with van der Waals surface area (Å²) in [6.45, 7) is -3.53. The summed E-state index contributed by atoms with van der Waals surface area (Å²) in [5.41, 5.74) is 5.50. The van der Waals surface area contributed by atoms with Crippen LogP contribution >= 0.6 is 0 Å². The monoisotopic (exact) mass is 1840 g/mol. The topological polar surface area (TPSA) is 236 Å². The summed E-state index contributed by atoms with van der Waals surface area (Å²) in [6.07, 6.45) is -2.24. The predicted molar refractivity (Wildman–Crippen MR) is 520 cm³/mol. The van der Waals surface area contributed by atoms with Gasteiger partial charge in [-0.2, -0.15) is 0 Å². The first-order valence-electron chi connectivity index (χ1n) is 45.1. The largest absolute Gasteiger partial charge is 0.485 e. The number of hydrogen-bond donors (Lipinski definition) is 1. The van der Waals surface area contributed by atoms with Crippen molar-refractivity contribution in [3.8, 4) is 69.0 Å². The van der Waals surface area contributed by atoms with Gasteiger partial charge in [-0.1, -0.05) is 364 Å². The van der Waals surface area contributed by atoms with Gasteiger partial charge in [-0.3, -0.25) is 0 Å². The fourth-order valence-electron chi connectivity index (χ4n) is 14.5. The van der Waals surface area contributed by atoms with Crippen LogP contribution in [0.25, 0.3) is 0 Å². The number of esters is 4. The molecule has 0 spiro atoms. The van der Waals surface area contributed by atoms with Gasteiger partial charge in [0.15, 0.2) is 57.7 Å². The summed E-state index contributed by atoms with van der Waals surface area (Å²) in [4.78, 5) is 64.0. The Morgan fingerprint density at radius 3 is 0.507 bits per heavy atom. The number of ether oxygens (including phenoxy) is 16. The SMILES string of the molecule is O=C(OCC(OC(=O)c1cc(OCc2ccccc2)c(OCc2ccccc2)c(OCc2ccccc2)c1)C(O)(COC(=O)c1cc(OCc2ccccc2)c(OCc2ccccc2)c(OCc2ccccc2)c1)COC(=O)c1cc(OCc2ccccc2)c(OCc2ccccc2)c(OCc2ccccc2)c1)c1cc(OCc2ccccc2)c(OCc2ccccc2)c(OCc2ccccc2)c1. The van der Waals surface area contributed by atoms with Gasteiger partial charge in [-0.15, -0.1) is 0 Å². The maximum Gasteiger partial charge on any atom is 0.338 e. The first-order valence-corrected chi connectivity index (χ1v) is 45.1. The van der Waals surface area contributed by atoms with Crippen molar-refractivity contribution in [1.82, 2.24) is 0 Å². The molecule has 21 heteroatoms. The van der Waals surface area contributed by atoms with Gasteiger partial charge >= 0.3 is 23.9 Å². The molecule has 0 saturated carbocycles. The van der Waals surface area contributed by atoms with Gasteiger partial charge in [0.2, 0.25) is 23.0 Å². The van der Waals surface area contributed by atoms with Crippen LogP contribution in [0.3, 0.4) is 0 Å². The molecule has 0 fully saturated rings. The van der Waals surface area contributed by atoms with E-state index in [1.54, 1.807) is 0 Å². The lowest BCUT2D eigenvalue weighted by Gasteiger charge is -2.34. The molecule has 16 aromatic rings. The van der Waals surface area contributed by atoms with E-state index in [-0.39, 0.29) is 171 Å². The molecule has 138 heavy (non-hydrogen) atoms. The lowest BCUT2D eigenvalue weighted by Crippen LogP contribution is -2.55. The van der Waals surface area contributed by atoms with Gasteiger partial charge < -0.3 is 80.9 Å². The molecule has 1 unspecified atom stereocenters. The quantitative estimate of drug-likeness (QED) is 0.0275. The van der Waals surface area contributed by atoms with E-state index in [1.165, 1.54) is 48.5 Å². The first kappa shape index (κ1) is 94.2. The number of carbonyl (C=O) groups is 4. The predicted octanol–water partition coefficient (Wildman–Crippen LogP) is 23.5. The Labute approximate surface area is 800 Å². The van der Waals surface area contributed by atoms with Crippen molar-refractivity contribution in [2.75, 3.05) is 19.8 Å². The fraction of sp³-hybridized carbons (Fsp3) is 0.145. The van der Waals surface area contributed by atoms with Crippen LogP contribution in [0, 0.1) is 0 Å². The zero-order chi connectivity index (χ0) is 94.6. The van der Waals surface area contributed by atoms with Crippen molar-refractivity contribution in [2.45, 2.75) is 91.0 Å². The van der Waals surface area contributed by atoms with E-state index >= 15 is 19.2 Å². The second kappa shape index (κ2) is 48.6. The van der Waals surface area contributed by atoms with E-state index < -0.39 is 55.4 Å². The Kier molecular flexibility index (Phi) is 33.1. The minimum absolute atomic E-state index is 0.00767. The van der Waals surface area contributed by atoms with E-state index in [0.717, 1.165) is 66.8 Å². The maximum absolute atomic E-state index is 16.3. The van der Waals surface area contributed by atoms with E-state index in [2.05, 4.69) is 0 Å². The standard InChI is InChI=1S/C117H100O21/c118-113(96-61-100(123-69-84-37-13-1-14-38-84)109(131-77-92-53-29-9-30-54-92)101(62-96)124-70-85-39-15-2-16-40-85)135-81-108(138-116(121)99-67-106(129-75-90-49-25-7-26-50-90)112(134-80-95-59-35-12-36-60-95)107(68-99)130-76-91-51-27-8-28-52-91)117(122,82-136-114(119)97-63-102(125-71-86-41-17-3-18-42-86)110(132-78-93-55-31-10-32-56-93)103(64-97)126-72-87-43-19-4-20-44-87)83-137-115(120)98-65-104(127-73-88-45-21-5-22-46-88)111(133-79-94-57-33-11-34-58-94)105(66-98)128-74-89-47-23-6-24-48-89/h1-68,108,122H,69-83H2. The van der Waals surface area contributed by atoms with Crippen molar-refractivity contribution < 1.29 is 100 Å². The fourth-order valence-corrected chi connectivity index (χ4v) is 14.5. The zero-order valence-electron chi connectivity index (χ0n) is 75.6. The molecule has 21 nitrogen and oxygen atoms in total. The molecule has 0 amide bonds. The van der Waals surface area contributed by atoms with Gasteiger partial charge in [-0.05, 0) is 115 Å². The number of hydrogen-bond acceptors (Lipinski definition) is 21. The Bertz CT molecular complexity index is 6100. The van der Waals surface area contributed by atoms with Crippen LogP contribution < -0.4 is 56.8 Å². The van der Waals surface area contributed by atoms with Crippen LogP contribution in [0.4, 0.5) is 0 Å². The second-order valence-corrected chi connectivity index (χ2v) is 32.2. The molecule has 0 aliphatic carbocycles. The third-order valence-corrected chi connectivity index (χ3v) is 21.9. The molecule has 16 rings (SSSR count). The molecule has 1 N–H and O–H groups in total. The van der Waals surface area contributed by atoms with Gasteiger partial charge in [0.05, 0.1) is 22.3 Å². The summed E-state index contributed by atoms with van der Waals surface area (Å²) in [7, 11) is 0. The maximum atomic E-state index is 16.3. The average Bonchev–Trinajstić information content (AvgIpc) is 0.796. The molecule has 0 radical (unpaired) electrons. The lowest BCUT2D eigenvalue weighted by atomic mass is 9.98. The number of aliphatic hydroxyl groups is 1. The highest BCUT2D eigenvalue weighted by Gasteiger charge is 2.45. The Balaban J connectivity index is 0.836. The highest BCUT2D eigenvalue weighted by Crippen LogP contribution is 2.46. The molecular weight excluding hydrogens is 1740 g/mol. The van der Waals surface area contributed by atoms with E-state index in [4.69, 9.17) is 75.8 Å². The molecule has 0 saturated heterocycles. The minimum Gasteiger partial charge on any atom is -0.485 e. The highest BCUT2D eigenvalue weighted by atomic mass is 16.6. The molecule has 16 aromatic carbocycles. The molecule has 0 aliphatic heterocycles. The minimum atomic E-state index is -3.00. The van der Waals surface area contributed by atoms with E-state index in [9.17, 15) is 5.11 Å². The van der Waals surface area contributed by atoms with Crippen molar-refractivity contribution in [1.29, 1.82) is 0 Å². The summed E-state index contributed by atoms with van der Waals surface area (Å²) in [6, 6.07) is 124. The third kappa shape index (κ3) is 27.4. The van der Waals surface area contributed by atoms with Crippen LogP contribution in [-0.4, -0.2) is 60.5 Å². The van der Waals surface area contributed by atoms with Crippen molar-refractivity contribution >= 4 is 23.9 Å². The van der Waals surface area contributed by atoms with E-state index in [1.807, 2.05) is 364 Å². The van der Waals surface area contributed by atoms with Crippen molar-refractivity contribution in [2.24, 2.45) is 0 Å². The number of rotatable bonds is 48. The normalized spacial score (nSPS) is 11.2. The molecule has 0 aromatic heterocycles. The van der Waals surface area contributed by atoms with Crippen LogP contribution in [-0.2, 0) is 98.2 Å².